The molecule has 0 aromatic heterocycles. The number of likely N-dealkylation sites (tertiary alicyclic amines) is 1. The molecule has 1 aromatic carbocycles. The predicted octanol–water partition coefficient (Wildman–Crippen LogP) is 2.24. The molecule has 0 spiro atoms. The summed E-state index contributed by atoms with van der Waals surface area (Å²) >= 11 is 0. The van der Waals surface area contributed by atoms with Crippen molar-refractivity contribution in [2.45, 2.75) is 33.1 Å². The van der Waals surface area contributed by atoms with Crippen LogP contribution in [-0.4, -0.2) is 36.3 Å². The normalized spacial score (nSPS) is 17.3. The molecule has 2 amide bonds. The molecule has 5 nitrogen and oxygen atoms in total. The highest BCUT2D eigenvalue weighted by Gasteiger charge is 2.24. The molecule has 1 unspecified atom stereocenters. The molecule has 1 atom stereocenters. The minimum Gasteiger partial charge on any atom is -0.399 e. The minimum absolute atomic E-state index is 0. The van der Waals surface area contributed by atoms with Crippen LogP contribution in [0.5, 0.6) is 0 Å². The SMILES string of the molecule is CC(C)C(=O)NCC1CCCN(C(=O)Cc2ccc(N)cc2)C1.Cl. The molecule has 1 saturated heterocycles. The number of carbonyl (C=O) groups excluding carboxylic acids is 2. The van der Waals surface area contributed by atoms with Gasteiger partial charge in [0, 0.05) is 31.2 Å². The summed E-state index contributed by atoms with van der Waals surface area (Å²) in [7, 11) is 0. The largest absolute Gasteiger partial charge is 0.399 e. The Morgan fingerprint density at radius 3 is 2.58 bits per heavy atom. The molecule has 0 saturated carbocycles. The third-order valence-electron chi connectivity index (χ3n) is 4.30. The Kier molecular flexibility index (Phi) is 8.05. The van der Waals surface area contributed by atoms with Crippen LogP contribution in [-0.2, 0) is 16.0 Å². The molecule has 1 aliphatic rings. The van der Waals surface area contributed by atoms with E-state index < -0.39 is 0 Å². The molecule has 1 aliphatic heterocycles. The standard InChI is InChI=1S/C18H27N3O2.ClH/c1-13(2)18(23)20-11-15-4-3-9-21(12-15)17(22)10-14-5-7-16(19)8-6-14;/h5-8,13,15H,3-4,9-12,19H2,1-2H3,(H,20,23);1H. The molecule has 0 aliphatic carbocycles. The second kappa shape index (κ2) is 9.52. The maximum Gasteiger partial charge on any atom is 0.226 e. The monoisotopic (exact) mass is 353 g/mol. The maximum atomic E-state index is 12.5. The Balaban J connectivity index is 0.00000288. The first kappa shape index (κ1) is 20.3. The molecule has 24 heavy (non-hydrogen) atoms. The maximum absolute atomic E-state index is 12.5. The second-order valence-electron chi connectivity index (χ2n) is 6.67. The van der Waals surface area contributed by atoms with Crippen LogP contribution in [0.15, 0.2) is 24.3 Å². The topological polar surface area (TPSA) is 75.4 Å². The number of hydrogen-bond donors (Lipinski definition) is 2. The van der Waals surface area contributed by atoms with Gasteiger partial charge in [-0.25, -0.2) is 0 Å². The van der Waals surface area contributed by atoms with E-state index in [4.69, 9.17) is 5.73 Å². The lowest BCUT2D eigenvalue weighted by atomic mass is 9.97. The molecule has 0 radical (unpaired) electrons. The molecule has 1 fully saturated rings. The van der Waals surface area contributed by atoms with E-state index in [2.05, 4.69) is 5.32 Å². The van der Waals surface area contributed by atoms with Gasteiger partial charge in [0.1, 0.15) is 0 Å². The Morgan fingerprint density at radius 1 is 1.29 bits per heavy atom. The number of halogens is 1. The number of nitrogens with one attached hydrogen (secondary N) is 1. The van der Waals surface area contributed by atoms with Crippen molar-refractivity contribution in [1.29, 1.82) is 0 Å². The van der Waals surface area contributed by atoms with E-state index in [1.54, 1.807) is 0 Å². The van der Waals surface area contributed by atoms with E-state index in [1.165, 1.54) is 0 Å². The summed E-state index contributed by atoms with van der Waals surface area (Å²) in [5.41, 5.74) is 7.36. The van der Waals surface area contributed by atoms with Gasteiger partial charge in [0.15, 0.2) is 0 Å². The van der Waals surface area contributed by atoms with Crippen molar-refractivity contribution in [2.24, 2.45) is 11.8 Å². The zero-order valence-corrected chi connectivity index (χ0v) is 15.3. The molecule has 6 heteroatoms. The van der Waals surface area contributed by atoms with Crippen molar-refractivity contribution < 1.29 is 9.59 Å². The fourth-order valence-corrected chi connectivity index (χ4v) is 2.83. The first-order valence-corrected chi connectivity index (χ1v) is 8.35. The average molecular weight is 354 g/mol. The second-order valence-corrected chi connectivity index (χ2v) is 6.67. The van der Waals surface area contributed by atoms with E-state index in [1.807, 2.05) is 43.0 Å². The first-order valence-electron chi connectivity index (χ1n) is 8.35. The number of benzene rings is 1. The summed E-state index contributed by atoms with van der Waals surface area (Å²) < 4.78 is 0. The quantitative estimate of drug-likeness (QED) is 0.797. The number of rotatable bonds is 5. The van der Waals surface area contributed by atoms with Gasteiger partial charge in [0.25, 0.3) is 0 Å². The van der Waals surface area contributed by atoms with Crippen LogP contribution in [0.3, 0.4) is 0 Å². The molecular formula is C18H28ClN3O2. The van der Waals surface area contributed by atoms with Gasteiger partial charge in [-0.05, 0) is 36.5 Å². The lowest BCUT2D eigenvalue weighted by Crippen LogP contribution is -2.44. The van der Waals surface area contributed by atoms with Crippen LogP contribution >= 0.6 is 12.4 Å². The van der Waals surface area contributed by atoms with Crippen LogP contribution in [0, 0.1) is 11.8 Å². The van der Waals surface area contributed by atoms with Gasteiger partial charge >= 0.3 is 0 Å². The highest BCUT2D eigenvalue weighted by molar-refractivity contribution is 5.85. The number of nitrogens with two attached hydrogens (primary N) is 1. The number of nitrogen functional groups attached to an aromatic ring is 1. The van der Waals surface area contributed by atoms with Crippen LogP contribution in [0.25, 0.3) is 0 Å². The van der Waals surface area contributed by atoms with Gasteiger partial charge < -0.3 is 16.0 Å². The summed E-state index contributed by atoms with van der Waals surface area (Å²) in [4.78, 5) is 26.0. The summed E-state index contributed by atoms with van der Waals surface area (Å²) in [6.45, 7) is 5.97. The number of anilines is 1. The summed E-state index contributed by atoms with van der Waals surface area (Å²) in [6, 6.07) is 7.45. The van der Waals surface area contributed by atoms with Crippen molar-refractivity contribution >= 4 is 29.9 Å². The Hall–Kier alpha value is -1.75. The van der Waals surface area contributed by atoms with E-state index >= 15 is 0 Å². The zero-order chi connectivity index (χ0) is 16.8. The van der Waals surface area contributed by atoms with Gasteiger partial charge in [-0.3, -0.25) is 9.59 Å². The lowest BCUT2D eigenvalue weighted by molar-refractivity contribution is -0.132. The average Bonchev–Trinajstić information content (AvgIpc) is 2.54. The number of nitrogens with zero attached hydrogens (tertiary/aromatic N) is 1. The third kappa shape index (κ3) is 6.04. The number of carbonyl (C=O) groups is 2. The Morgan fingerprint density at radius 2 is 1.96 bits per heavy atom. The molecular weight excluding hydrogens is 326 g/mol. The van der Waals surface area contributed by atoms with Gasteiger partial charge in [-0.2, -0.15) is 0 Å². The van der Waals surface area contributed by atoms with Crippen molar-refractivity contribution in [3.8, 4) is 0 Å². The summed E-state index contributed by atoms with van der Waals surface area (Å²) in [5.74, 6) is 0.577. The van der Waals surface area contributed by atoms with E-state index in [9.17, 15) is 9.59 Å². The predicted molar refractivity (Wildman–Crippen MR) is 99.0 cm³/mol. The Bertz CT molecular complexity index is 546. The van der Waals surface area contributed by atoms with Crippen molar-refractivity contribution in [1.82, 2.24) is 10.2 Å². The third-order valence-corrected chi connectivity index (χ3v) is 4.30. The van der Waals surface area contributed by atoms with Crippen LogP contribution in [0.1, 0.15) is 32.3 Å². The lowest BCUT2D eigenvalue weighted by Gasteiger charge is -2.33. The highest BCUT2D eigenvalue weighted by Crippen LogP contribution is 2.17. The summed E-state index contributed by atoms with van der Waals surface area (Å²) in [6.07, 6.45) is 2.46. The fraction of sp³-hybridized carbons (Fsp3) is 0.556. The van der Waals surface area contributed by atoms with Gasteiger partial charge in [0.05, 0.1) is 6.42 Å². The van der Waals surface area contributed by atoms with Gasteiger partial charge in [-0.15, -0.1) is 12.4 Å². The van der Waals surface area contributed by atoms with E-state index in [-0.39, 0.29) is 30.1 Å². The summed E-state index contributed by atoms with van der Waals surface area (Å²) in [5, 5.41) is 2.98. The number of piperidine rings is 1. The number of amides is 2. The smallest absolute Gasteiger partial charge is 0.226 e. The molecule has 134 valence electrons. The van der Waals surface area contributed by atoms with Crippen LogP contribution in [0.2, 0.25) is 0 Å². The highest BCUT2D eigenvalue weighted by atomic mass is 35.5. The molecule has 1 aromatic rings. The van der Waals surface area contributed by atoms with Gasteiger partial charge in [0.2, 0.25) is 11.8 Å². The van der Waals surface area contributed by atoms with Crippen LogP contribution in [0.4, 0.5) is 5.69 Å². The molecule has 1 heterocycles. The minimum atomic E-state index is 0. The zero-order valence-electron chi connectivity index (χ0n) is 14.5. The first-order chi connectivity index (χ1) is 11.0. The van der Waals surface area contributed by atoms with E-state index in [0.717, 1.165) is 31.5 Å². The van der Waals surface area contributed by atoms with Crippen molar-refractivity contribution in [2.75, 3.05) is 25.4 Å². The van der Waals surface area contributed by atoms with Crippen LogP contribution < -0.4 is 11.1 Å². The van der Waals surface area contributed by atoms with Crippen molar-refractivity contribution in [3.05, 3.63) is 29.8 Å². The molecule has 2 rings (SSSR count). The molecule has 3 N–H and O–H groups in total. The van der Waals surface area contributed by atoms with Crippen molar-refractivity contribution in [3.63, 3.8) is 0 Å². The Labute approximate surface area is 150 Å². The van der Waals surface area contributed by atoms with Gasteiger partial charge in [-0.1, -0.05) is 26.0 Å². The van der Waals surface area contributed by atoms with E-state index in [0.29, 0.717) is 24.6 Å². The number of hydrogen-bond acceptors (Lipinski definition) is 3. The fourth-order valence-electron chi connectivity index (χ4n) is 2.83. The molecule has 0 bridgehead atoms.